The topological polar surface area (TPSA) is 61.6 Å². The van der Waals surface area contributed by atoms with Crippen molar-refractivity contribution in [2.75, 3.05) is 7.11 Å². The van der Waals surface area contributed by atoms with Gasteiger partial charge in [-0.3, -0.25) is 4.79 Å². The molecule has 4 nitrogen and oxygen atoms in total. The molecule has 0 atom stereocenters. The van der Waals surface area contributed by atoms with Crippen molar-refractivity contribution in [1.29, 1.82) is 0 Å². The fraction of sp³-hybridized carbons (Fsp3) is 0.444. The molecule has 4 rings (SSSR count). The standard InChI is InChI=1S/C27H37NO3Si2/c1-10-16-11-17-13-18(27(2,3)4)14-20(19(17)12-16)23-21(26(28)29)15-22-24(30-5)25(23)33(8,9)31-32(22,6)7/h11,13-15H,10,12H2,1-9H3,(H2,28,29). The van der Waals surface area contributed by atoms with Crippen LogP contribution < -0.4 is 20.8 Å². The Kier molecular flexibility index (Phi) is 5.58. The maximum atomic E-state index is 12.9. The molecule has 0 radical (unpaired) electrons. The summed E-state index contributed by atoms with van der Waals surface area (Å²) in [5.41, 5.74) is 13.9. The molecule has 1 aliphatic heterocycles. The minimum absolute atomic E-state index is 0.0287. The smallest absolute Gasteiger partial charge is 0.249 e. The van der Waals surface area contributed by atoms with E-state index in [2.05, 4.69) is 72.1 Å². The van der Waals surface area contributed by atoms with Crippen LogP contribution in [0.15, 0.2) is 23.8 Å². The molecule has 1 aliphatic carbocycles. The lowest BCUT2D eigenvalue weighted by Crippen LogP contribution is -2.64. The first-order chi connectivity index (χ1) is 15.2. The lowest BCUT2D eigenvalue weighted by atomic mass is 9.81. The maximum Gasteiger partial charge on any atom is 0.249 e. The predicted molar refractivity (Wildman–Crippen MR) is 143 cm³/mol. The number of hydrogen-bond donors (Lipinski definition) is 1. The molecule has 0 saturated heterocycles. The van der Waals surface area contributed by atoms with E-state index in [0.717, 1.165) is 40.1 Å². The average Bonchev–Trinajstić information content (AvgIpc) is 3.12. The van der Waals surface area contributed by atoms with Gasteiger partial charge in [0.1, 0.15) is 5.75 Å². The van der Waals surface area contributed by atoms with Crippen molar-refractivity contribution in [3.8, 4) is 16.9 Å². The summed E-state index contributed by atoms with van der Waals surface area (Å²) >= 11 is 0. The molecule has 0 spiro atoms. The zero-order valence-corrected chi connectivity index (χ0v) is 23.5. The van der Waals surface area contributed by atoms with Gasteiger partial charge in [0.25, 0.3) is 0 Å². The SMILES string of the molecule is CCC1=Cc2cc(C(C)(C)C)cc(-c3c(C(N)=O)cc4c(OC)c3[Si](C)(C)O[Si]4(C)C)c2C1. The number of carbonyl (C=O) groups is 1. The molecule has 0 aromatic heterocycles. The normalized spacial score (nSPS) is 18.0. The average molecular weight is 480 g/mol. The first-order valence-electron chi connectivity index (χ1n) is 11.8. The third kappa shape index (κ3) is 3.82. The number of benzene rings is 2. The highest BCUT2D eigenvalue weighted by atomic mass is 28.4. The second-order valence-corrected chi connectivity index (χ2v) is 19.3. The molecule has 2 aromatic rings. The van der Waals surface area contributed by atoms with Crippen molar-refractivity contribution in [2.24, 2.45) is 5.73 Å². The van der Waals surface area contributed by atoms with Crippen LogP contribution in [0.5, 0.6) is 5.75 Å². The summed E-state index contributed by atoms with van der Waals surface area (Å²) in [5, 5.41) is 2.10. The summed E-state index contributed by atoms with van der Waals surface area (Å²) in [6.45, 7) is 17.7. The fourth-order valence-electron chi connectivity index (χ4n) is 5.52. The van der Waals surface area contributed by atoms with Gasteiger partial charge >= 0.3 is 0 Å². The van der Waals surface area contributed by atoms with E-state index in [1.807, 2.05) is 6.07 Å². The number of allylic oxidation sites excluding steroid dienone is 1. The first-order valence-corrected chi connectivity index (χ1v) is 17.7. The van der Waals surface area contributed by atoms with E-state index in [4.69, 9.17) is 14.6 Å². The highest BCUT2D eigenvalue weighted by molar-refractivity contribution is 7.01. The number of amides is 1. The Balaban J connectivity index is 2.17. The molecule has 2 bridgehead atoms. The molecular formula is C27H37NO3Si2. The van der Waals surface area contributed by atoms with Crippen molar-refractivity contribution < 1.29 is 13.6 Å². The van der Waals surface area contributed by atoms with Gasteiger partial charge in [0.2, 0.25) is 22.5 Å². The van der Waals surface area contributed by atoms with Gasteiger partial charge in [0.15, 0.2) is 0 Å². The van der Waals surface area contributed by atoms with E-state index in [1.54, 1.807) is 7.11 Å². The third-order valence-electron chi connectivity index (χ3n) is 7.15. The van der Waals surface area contributed by atoms with Gasteiger partial charge in [-0.25, -0.2) is 0 Å². The number of nitrogens with two attached hydrogens (primary N) is 1. The quantitative estimate of drug-likeness (QED) is 0.630. The van der Waals surface area contributed by atoms with Crippen molar-refractivity contribution in [1.82, 2.24) is 0 Å². The molecule has 6 heteroatoms. The number of hydrogen-bond acceptors (Lipinski definition) is 3. The Labute approximate surface area is 200 Å². The van der Waals surface area contributed by atoms with E-state index < -0.39 is 16.6 Å². The minimum Gasteiger partial charge on any atom is -0.497 e. The lowest BCUT2D eigenvalue weighted by Gasteiger charge is -2.43. The predicted octanol–water partition coefficient (Wildman–Crippen LogP) is 4.96. The second kappa shape index (κ2) is 7.68. The maximum absolute atomic E-state index is 12.9. The van der Waals surface area contributed by atoms with Gasteiger partial charge in [0.05, 0.1) is 7.11 Å². The van der Waals surface area contributed by atoms with Gasteiger partial charge in [-0.2, -0.15) is 0 Å². The largest absolute Gasteiger partial charge is 0.497 e. The van der Waals surface area contributed by atoms with Crippen LogP contribution >= 0.6 is 0 Å². The van der Waals surface area contributed by atoms with E-state index in [-0.39, 0.29) is 11.3 Å². The molecule has 0 unspecified atom stereocenters. The van der Waals surface area contributed by atoms with E-state index in [1.165, 1.54) is 22.3 Å². The summed E-state index contributed by atoms with van der Waals surface area (Å²) in [7, 11) is -2.89. The monoisotopic (exact) mass is 479 g/mol. The minimum atomic E-state index is -2.39. The Morgan fingerprint density at radius 1 is 1.12 bits per heavy atom. The Morgan fingerprint density at radius 3 is 2.33 bits per heavy atom. The summed E-state index contributed by atoms with van der Waals surface area (Å²) in [6, 6.07) is 6.57. The molecule has 2 aliphatic rings. The Morgan fingerprint density at radius 2 is 1.79 bits per heavy atom. The van der Waals surface area contributed by atoms with Gasteiger partial charge in [-0.15, -0.1) is 0 Å². The second-order valence-electron chi connectivity index (χ2n) is 11.4. The molecule has 2 aromatic carbocycles. The van der Waals surface area contributed by atoms with Gasteiger partial charge in [-0.05, 0) is 78.3 Å². The highest BCUT2D eigenvalue weighted by Gasteiger charge is 2.48. The number of ether oxygens (including phenoxy) is 1. The fourth-order valence-corrected chi connectivity index (χ4v) is 14.5. The molecular weight excluding hydrogens is 442 g/mol. The Hall–Kier alpha value is -2.16. The van der Waals surface area contributed by atoms with Crippen LogP contribution in [-0.4, -0.2) is 29.7 Å². The van der Waals surface area contributed by atoms with Gasteiger partial charge < -0.3 is 14.6 Å². The van der Waals surface area contributed by atoms with Gasteiger partial charge in [-0.1, -0.05) is 51.5 Å². The molecule has 2 N–H and O–H groups in total. The molecule has 33 heavy (non-hydrogen) atoms. The molecule has 0 fully saturated rings. The summed E-state index contributed by atoms with van der Waals surface area (Å²) in [5.74, 6) is 0.523. The number of rotatable bonds is 4. The summed E-state index contributed by atoms with van der Waals surface area (Å²) < 4.78 is 12.9. The van der Waals surface area contributed by atoms with Crippen LogP contribution in [0.25, 0.3) is 17.2 Å². The zero-order chi connectivity index (χ0) is 24.5. The van der Waals surface area contributed by atoms with Crippen molar-refractivity contribution in [3.63, 3.8) is 0 Å². The van der Waals surface area contributed by atoms with E-state index >= 15 is 0 Å². The zero-order valence-electron chi connectivity index (χ0n) is 21.5. The van der Waals surface area contributed by atoms with Crippen LogP contribution in [0.4, 0.5) is 0 Å². The molecule has 1 amide bonds. The first kappa shape index (κ1) is 24.0. The number of carbonyl (C=O) groups excluding carboxylic acids is 1. The van der Waals surface area contributed by atoms with Gasteiger partial charge in [0, 0.05) is 15.9 Å². The number of methoxy groups -OCH3 is 1. The van der Waals surface area contributed by atoms with Crippen molar-refractivity contribution in [3.05, 3.63) is 46.0 Å². The van der Waals surface area contributed by atoms with Crippen molar-refractivity contribution in [2.45, 2.75) is 72.1 Å². The lowest BCUT2D eigenvalue weighted by molar-refractivity contribution is 0.100. The summed E-state index contributed by atoms with van der Waals surface area (Å²) in [6.07, 6.45) is 4.24. The molecule has 1 heterocycles. The third-order valence-corrected chi connectivity index (χ3v) is 14.6. The Bertz CT molecular complexity index is 1200. The number of primary amides is 1. The van der Waals surface area contributed by atoms with E-state index in [0.29, 0.717) is 5.56 Å². The van der Waals surface area contributed by atoms with Crippen LogP contribution in [-0.2, 0) is 16.0 Å². The number of fused-ring (bicyclic) bond motifs is 3. The molecule has 176 valence electrons. The van der Waals surface area contributed by atoms with E-state index in [9.17, 15) is 4.79 Å². The summed E-state index contributed by atoms with van der Waals surface area (Å²) in [4.78, 5) is 12.9. The van der Waals surface area contributed by atoms with Crippen LogP contribution in [0.2, 0.25) is 26.2 Å². The van der Waals surface area contributed by atoms with Crippen LogP contribution in [0.3, 0.4) is 0 Å². The van der Waals surface area contributed by atoms with Crippen LogP contribution in [0, 0.1) is 0 Å². The molecule has 0 saturated carbocycles. The van der Waals surface area contributed by atoms with Crippen molar-refractivity contribution >= 4 is 39.0 Å². The van der Waals surface area contributed by atoms with Crippen LogP contribution in [0.1, 0.15) is 61.2 Å². The highest BCUT2D eigenvalue weighted by Crippen LogP contribution is 2.42.